The minimum Gasteiger partial charge on any atom is -0.481 e. The lowest BCUT2D eigenvalue weighted by atomic mass is 10.0. The van der Waals surface area contributed by atoms with Crippen molar-refractivity contribution in [3.05, 3.63) is 35.4 Å². The minimum atomic E-state index is -4.64. The van der Waals surface area contributed by atoms with Crippen LogP contribution in [0.25, 0.3) is 0 Å². The summed E-state index contributed by atoms with van der Waals surface area (Å²) in [6, 6.07) is 4.50. The van der Waals surface area contributed by atoms with E-state index >= 15 is 0 Å². The van der Waals surface area contributed by atoms with Crippen LogP contribution in [-0.2, 0) is 26.7 Å². The summed E-state index contributed by atoms with van der Waals surface area (Å²) in [5.74, 6) is -2.72. The van der Waals surface area contributed by atoms with Crippen LogP contribution >= 0.6 is 0 Å². The van der Waals surface area contributed by atoms with Crippen molar-refractivity contribution in [3.8, 4) is 0 Å². The summed E-state index contributed by atoms with van der Waals surface area (Å²) in [5, 5.41) is 8.99. The first-order valence-corrected chi connectivity index (χ1v) is 8.58. The third-order valence-electron chi connectivity index (χ3n) is 3.79. The smallest absolute Gasteiger partial charge is 0.416 e. The average Bonchev–Trinajstić information content (AvgIpc) is 2.46. The molecule has 2 rings (SSSR count). The van der Waals surface area contributed by atoms with Crippen LogP contribution in [0.1, 0.15) is 24.0 Å². The molecule has 9 heteroatoms. The SMILES string of the molecule is O=C(O)C1CCCN(S(=O)(=O)Cc2ccccc2C(F)(F)F)C1. The maximum absolute atomic E-state index is 12.9. The molecule has 1 aromatic rings. The molecule has 1 atom stereocenters. The number of carboxylic acids is 1. The molecule has 1 N–H and O–H groups in total. The number of carboxylic acid groups (broad SMARTS) is 1. The van der Waals surface area contributed by atoms with Gasteiger partial charge in [0.25, 0.3) is 0 Å². The summed E-state index contributed by atoms with van der Waals surface area (Å²) in [6.45, 7) is -0.0772. The highest BCUT2D eigenvalue weighted by molar-refractivity contribution is 7.88. The molecule has 1 aliphatic rings. The Labute approximate surface area is 131 Å². The van der Waals surface area contributed by atoms with Crippen molar-refractivity contribution in [3.63, 3.8) is 0 Å². The predicted octanol–water partition coefficient (Wildman–Crippen LogP) is 2.33. The first-order chi connectivity index (χ1) is 10.6. The van der Waals surface area contributed by atoms with Gasteiger partial charge in [0.1, 0.15) is 0 Å². The van der Waals surface area contributed by atoms with Crippen molar-refractivity contribution in [1.82, 2.24) is 4.31 Å². The zero-order valence-electron chi connectivity index (χ0n) is 12.1. The van der Waals surface area contributed by atoms with Crippen molar-refractivity contribution in [2.24, 2.45) is 5.92 Å². The van der Waals surface area contributed by atoms with Gasteiger partial charge in [-0.3, -0.25) is 4.79 Å². The molecule has 0 bridgehead atoms. The highest BCUT2D eigenvalue weighted by Crippen LogP contribution is 2.33. The van der Waals surface area contributed by atoms with Gasteiger partial charge in [0, 0.05) is 13.1 Å². The number of benzene rings is 1. The topological polar surface area (TPSA) is 74.7 Å². The average molecular weight is 351 g/mol. The van der Waals surface area contributed by atoms with E-state index in [-0.39, 0.29) is 18.7 Å². The second kappa shape index (κ2) is 6.48. The van der Waals surface area contributed by atoms with Crippen LogP contribution in [0.4, 0.5) is 13.2 Å². The maximum atomic E-state index is 12.9. The molecule has 0 aromatic heterocycles. The molecule has 1 heterocycles. The van der Waals surface area contributed by atoms with Crippen molar-refractivity contribution in [1.29, 1.82) is 0 Å². The standard InChI is InChI=1S/C14H16F3NO4S/c15-14(16,17)12-6-2-1-4-11(12)9-23(21,22)18-7-3-5-10(8-18)13(19)20/h1-2,4,6,10H,3,5,7-9H2,(H,19,20). The van der Waals surface area contributed by atoms with E-state index < -0.39 is 39.4 Å². The minimum absolute atomic E-state index is 0.125. The molecule has 1 unspecified atom stereocenters. The van der Waals surface area contributed by atoms with Crippen LogP contribution in [0.2, 0.25) is 0 Å². The largest absolute Gasteiger partial charge is 0.481 e. The van der Waals surface area contributed by atoms with Crippen LogP contribution in [0.15, 0.2) is 24.3 Å². The van der Waals surface area contributed by atoms with Gasteiger partial charge in [0.15, 0.2) is 0 Å². The van der Waals surface area contributed by atoms with E-state index in [1.807, 2.05) is 0 Å². The summed E-state index contributed by atoms with van der Waals surface area (Å²) in [4.78, 5) is 11.0. The molecular formula is C14H16F3NO4S. The van der Waals surface area contributed by atoms with Gasteiger partial charge in [-0.05, 0) is 24.5 Å². The zero-order chi connectivity index (χ0) is 17.3. The van der Waals surface area contributed by atoms with E-state index in [1.54, 1.807) is 0 Å². The van der Waals surface area contributed by atoms with Crippen molar-refractivity contribution >= 4 is 16.0 Å². The van der Waals surface area contributed by atoms with Crippen LogP contribution in [-0.4, -0.2) is 36.9 Å². The first-order valence-electron chi connectivity index (χ1n) is 6.97. The van der Waals surface area contributed by atoms with Gasteiger partial charge >= 0.3 is 12.1 Å². The Morgan fingerprint density at radius 3 is 2.57 bits per heavy atom. The highest BCUT2D eigenvalue weighted by Gasteiger charge is 2.36. The molecule has 0 aliphatic carbocycles. The van der Waals surface area contributed by atoms with E-state index in [0.29, 0.717) is 12.8 Å². The molecule has 0 spiro atoms. The lowest BCUT2D eigenvalue weighted by molar-refractivity contribution is -0.143. The number of carbonyl (C=O) groups is 1. The maximum Gasteiger partial charge on any atom is 0.416 e. The van der Waals surface area contributed by atoms with Gasteiger partial charge in [-0.1, -0.05) is 18.2 Å². The number of hydrogen-bond donors (Lipinski definition) is 1. The number of aliphatic carboxylic acids is 1. The van der Waals surface area contributed by atoms with E-state index in [9.17, 15) is 26.4 Å². The lowest BCUT2D eigenvalue weighted by Crippen LogP contribution is -2.42. The van der Waals surface area contributed by atoms with Gasteiger partial charge in [0.2, 0.25) is 10.0 Å². The Morgan fingerprint density at radius 2 is 1.96 bits per heavy atom. The Balaban J connectivity index is 2.24. The van der Waals surface area contributed by atoms with E-state index in [2.05, 4.69) is 0 Å². The molecule has 23 heavy (non-hydrogen) atoms. The fourth-order valence-corrected chi connectivity index (χ4v) is 4.25. The van der Waals surface area contributed by atoms with Crippen LogP contribution < -0.4 is 0 Å². The molecule has 0 amide bonds. The van der Waals surface area contributed by atoms with Gasteiger partial charge in [0.05, 0.1) is 17.2 Å². The van der Waals surface area contributed by atoms with Crippen LogP contribution in [0.5, 0.6) is 0 Å². The van der Waals surface area contributed by atoms with E-state index in [0.717, 1.165) is 16.4 Å². The van der Waals surface area contributed by atoms with Crippen molar-refractivity contribution in [2.75, 3.05) is 13.1 Å². The quantitative estimate of drug-likeness (QED) is 0.903. The second-order valence-electron chi connectivity index (χ2n) is 5.45. The van der Waals surface area contributed by atoms with Crippen molar-refractivity contribution < 1.29 is 31.5 Å². The summed E-state index contributed by atoms with van der Waals surface area (Å²) in [5.41, 5.74) is -1.33. The Kier molecular flexibility index (Phi) is 5.00. The van der Waals surface area contributed by atoms with Crippen molar-refractivity contribution in [2.45, 2.75) is 24.8 Å². The molecule has 128 valence electrons. The predicted molar refractivity (Wildman–Crippen MR) is 76.0 cm³/mol. The summed E-state index contributed by atoms with van der Waals surface area (Å²) in [6.07, 6.45) is -3.91. The molecule has 5 nitrogen and oxygen atoms in total. The van der Waals surface area contributed by atoms with Gasteiger partial charge in [-0.15, -0.1) is 0 Å². The number of piperidine rings is 1. The molecule has 0 radical (unpaired) electrons. The number of nitrogens with zero attached hydrogens (tertiary/aromatic N) is 1. The Morgan fingerprint density at radius 1 is 1.30 bits per heavy atom. The van der Waals surface area contributed by atoms with E-state index in [4.69, 9.17) is 5.11 Å². The molecule has 1 saturated heterocycles. The normalized spacial score (nSPS) is 20.4. The third-order valence-corrected chi connectivity index (χ3v) is 5.58. The molecular weight excluding hydrogens is 335 g/mol. The summed E-state index contributed by atoms with van der Waals surface area (Å²) in [7, 11) is -4.02. The summed E-state index contributed by atoms with van der Waals surface area (Å²) >= 11 is 0. The summed E-state index contributed by atoms with van der Waals surface area (Å²) < 4.78 is 64.6. The van der Waals surface area contributed by atoms with Crippen LogP contribution in [0.3, 0.4) is 0 Å². The fraction of sp³-hybridized carbons (Fsp3) is 0.500. The van der Waals surface area contributed by atoms with Gasteiger partial charge in [-0.25, -0.2) is 12.7 Å². The van der Waals surface area contributed by atoms with Gasteiger partial charge < -0.3 is 5.11 Å². The first kappa shape index (κ1) is 17.7. The van der Waals surface area contributed by atoms with Gasteiger partial charge in [-0.2, -0.15) is 13.2 Å². The second-order valence-corrected chi connectivity index (χ2v) is 7.42. The lowest BCUT2D eigenvalue weighted by Gasteiger charge is -2.30. The fourth-order valence-electron chi connectivity index (χ4n) is 2.61. The number of alkyl halides is 3. The number of halogens is 3. The highest BCUT2D eigenvalue weighted by atomic mass is 32.2. The Bertz CT molecular complexity index is 688. The molecule has 1 aliphatic heterocycles. The Hall–Kier alpha value is -1.61. The molecule has 1 fully saturated rings. The molecule has 0 saturated carbocycles. The van der Waals surface area contributed by atoms with Crippen LogP contribution in [0, 0.1) is 5.92 Å². The number of hydrogen-bond acceptors (Lipinski definition) is 3. The third kappa shape index (κ3) is 4.23. The van der Waals surface area contributed by atoms with E-state index in [1.165, 1.54) is 12.1 Å². The molecule has 1 aromatic carbocycles. The monoisotopic (exact) mass is 351 g/mol. The zero-order valence-corrected chi connectivity index (χ0v) is 12.9. The number of rotatable bonds is 4. The number of sulfonamides is 1.